The summed E-state index contributed by atoms with van der Waals surface area (Å²) in [6, 6.07) is 7.99. The Bertz CT molecular complexity index is 361. The number of carbonyl (C=O) groups excluding carboxylic acids is 1. The minimum atomic E-state index is 0.0470. The Morgan fingerprint density at radius 1 is 1.22 bits per heavy atom. The number of ether oxygens (including phenoxy) is 1. The lowest BCUT2D eigenvalue weighted by Gasteiger charge is -2.09. The molecule has 0 saturated carbocycles. The summed E-state index contributed by atoms with van der Waals surface area (Å²) >= 11 is 0. The second-order valence-electron chi connectivity index (χ2n) is 4.48. The summed E-state index contributed by atoms with van der Waals surface area (Å²) in [5.74, 6) is 0.853. The number of hydrogen-bond acceptors (Lipinski definition) is 3. The van der Waals surface area contributed by atoms with Crippen molar-refractivity contribution < 1.29 is 9.53 Å². The van der Waals surface area contributed by atoms with Crippen molar-refractivity contribution in [2.45, 2.75) is 26.3 Å². The summed E-state index contributed by atoms with van der Waals surface area (Å²) in [4.78, 5) is 11.6. The van der Waals surface area contributed by atoms with Crippen LogP contribution in [0.25, 0.3) is 0 Å². The van der Waals surface area contributed by atoms with Crippen LogP contribution in [-0.4, -0.2) is 32.1 Å². The SMILES string of the molecule is COc1ccc(CC(=O)NCCNC(C)C)cc1. The number of hydrogen-bond donors (Lipinski definition) is 2. The smallest absolute Gasteiger partial charge is 0.224 e. The molecule has 0 aliphatic carbocycles. The van der Waals surface area contributed by atoms with Crippen molar-refractivity contribution in [1.82, 2.24) is 10.6 Å². The van der Waals surface area contributed by atoms with Gasteiger partial charge in [0.2, 0.25) is 5.91 Å². The van der Waals surface area contributed by atoms with Gasteiger partial charge in [-0.05, 0) is 17.7 Å². The molecular weight excluding hydrogens is 228 g/mol. The summed E-state index contributed by atoms with van der Waals surface area (Å²) in [5, 5.41) is 6.13. The van der Waals surface area contributed by atoms with Crippen LogP contribution >= 0.6 is 0 Å². The van der Waals surface area contributed by atoms with E-state index in [9.17, 15) is 4.79 Å². The number of benzene rings is 1. The average molecular weight is 250 g/mol. The standard InChI is InChI=1S/C14H22N2O2/c1-11(2)15-8-9-16-14(17)10-12-4-6-13(18-3)7-5-12/h4-7,11,15H,8-10H2,1-3H3,(H,16,17). The van der Waals surface area contributed by atoms with Gasteiger partial charge in [-0.1, -0.05) is 26.0 Å². The molecule has 0 atom stereocenters. The molecule has 1 amide bonds. The highest BCUT2D eigenvalue weighted by atomic mass is 16.5. The van der Waals surface area contributed by atoms with Crippen LogP contribution in [0.3, 0.4) is 0 Å². The summed E-state index contributed by atoms with van der Waals surface area (Å²) < 4.78 is 5.07. The Morgan fingerprint density at radius 3 is 2.44 bits per heavy atom. The van der Waals surface area contributed by atoms with E-state index in [-0.39, 0.29) is 5.91 Å². The first kappa shape index (κ1) is 14.5. The van der Waals surface area contributed by atoms with Crippen LogP contribution in [0.2, 0.25) is 0 Å². The molecular formula is C14H22N2O2. The topological polar surface area (TPSA) is 50.4 Å². The van der Waals surface area contributed by atoms with Crippen molar-refractivity contribution >= 4 is 5.91 Å². The van der Waals surface area contributed by atoms with E-state index in [4.69, 9.17) is 4.74 Å². The third-order valence-electron chi connectivity index (χ3n) is 2.52. The predicted octanol–water partition coefficient (Wildman–Crippen LogP) is 1.35. The molecule has 18 heavy (non-hydrogen) atoms. The minimum absolute atomic E-state index is 0.0470. The van der Waals surface area contributed by atoms with Crippen LogP contribution < -0.4 is 15.4 Å². The number of amides is 1. The summed E-state index contributed by atoms with van der Waals surface area (Å²) in [7, 11) is 1.63. The summed E-state index contributed by atoms with van der Waals surface area (Å²) in [5.41, 5.74) is 0.991. The Balaban J connectivity index is 2.26. The van der Waals surface area contributed by atoms with Gasteiger partial charge in [0.05, 0.1) is 13.5 Å². The number of methoxy groups -OCH3 is 1. The van der Waals surface area contributed by atoms with Gasteiger partial charge >= 0.3 is 0 Å². The molecule has 0 radical (unpaired) electrons. The molecule has 0 aliphatic rings. The van der Waals surface area contributed by atoms with Crippen molar-refractivity contribution in [2.75, 3.05) is 20.2 Å². The molecule has 0 aliphatic heterocycles. The zero-order chi connectivity index (χ0) is 13.4. The molecule has 0 spiro atoms. The lowest BCUT2D eigenvalue weighted by atomic mass is 10.1. The normalized spacial score (nSPS) is 10.4. The van der Waals surface area contributed by atoms with Crippen LogP contribution in [-0.2, 0) is 11.2 Å². The van der Waals surface area contributed by atoms with Crippen LogP contribution in [0.15, 0.2) is 24.3 Å². The van der Waals surface area contributed by atoms with E-state index in [2.05, 4.69) is 24.5 Å². The predicted molar refractivity (Wildman–Crippen MR) is 72.8 cm³/mol. The maximum Gasteiger partial charge on any atom is 0.224 e. The van der Waals surface area contributed by atoms with Crippen molar-refractivity contribution in [2.24, 2.45) is 0 Å². The third-order valence-corrected chi connectivity index (χ3v) is 2.52. The molecule has 1 aromatic rings. The van der Waals surface area contributed by atoms with Crippen molar-refractivity contribution in [3.8, 4) is 5.75 Å². The van der Waals surface area contributed by atoms with E-state index in [1.165, 1.54) is 0 Å². The average Bonchev–Trinajstić information content (AvgIpc) is 2.35. The van der Waals surface area contributed by atoms with Crippen molar-refractivity contribution in [3.63, 3.8) is 0 Å². The first-order chi connectivity index (χ1) is 8.61. The van der Waals surface area contributed by atoms with Gasteiger partial charge in [-0.15, -0.1) is 0 Å². The first-order valence-corrected chi connectivity index (χ1v) is 6.25. The molecule has 4 nitrogen and oxygen atoms in total. The molecule has 2 N–H and O–H groups in total. The zero-order valence-electron chi connectivity index (χ0n) is 11.3. The van der Waals surface area contributed by atoms with Gasteiger partial charge in [-0.2, -0.15) is 0 Å². The molecule has 4 heteroatoms. The van der Waals surface area contributed by atoms with E-state index in [1.807, 2.05) is 24.3 Å². The van der Waals surface area contributed by atoms with E-state index in [1.54, 1.807) is 7.11 Å². The monoisotopic (exact) mass is 250 g/mol. The third kappa shape index (κ3) is 5.68. The van der Waals surface area contributed by atoms with Crippen LogP contribution in [0.5, 0.6) is 5.75 Å². The summed E-state index contributed by atoms with van der Waals surface area (Å²) in [6.45, 7) is 5.62. The van der Waals surface area contributed by atoms with E-state index < -0.39 is 0 Å². The van der Waals surface area contributed by atoms with Crippen LogP contribution in [0.4, 0.5) is 0 Å². The number of rotatable bonds is 7. The van der Waals surface area contributed by atoms with Crippen LogP contribution in [0.1, 0.15) is 19.4 Å². The maximum atomic E-state index is 11.6. The van der Waals surface area contributed by atoms with Gasteiger partial charge in [0.1, 0.15) is 5.75 Å². The first-order valence-electron chi connectivity index (χ1n) is 6.25. The largest absolute Gasteiger partial charge is 0.497 e. The Kier molecular flexibility index (Phi) is 6.22. The van der Waals surface area contributed by atoms with Gasteiger partial charge in [0, 0.05) is 19.1 Å². The highest BCUT2D eigenvalue weighted by Gasteiger charge is 2.03. The van der Waals surface area contributed by atoms with Crippen molar-refractivity contribution in [3.05, 3.63) is 29.8 Å². The fourth-order valence-electron chi connectivity index (χ4n) is 1.55. The molecule has 0 unspecified atom stereocenters. The molecule has 100 valence electrons. The zero-order valence-corrected chi connectivity index (χ0v) is 11.3. The van der Waals surface area contributed by atoms with Gasteiger partial charge in [-0.25, -0.2) is 0 Å². The van der Waals surface area contributed by atoms with Crippen LogP contribution in [0, 0.1) is 0 Å². The van der Waals surface area contributed by atoms with Gasteiger partial charge in [0.15, 0.2) is 0 Å². The van der Waals surface area contributed by atoms with E-state index in [0.29, 0.717) is 19.0 Å². The molecule has 0 aromatic heterocycles. The van der Waals surface area contributed by atoms with E-state index in [0.717, 1.165) is 17.9 Å². The number of nitrogens with one attached hydrogen (secondary N) is 2. The summed E-state index contributed by atoms with van der Waals surface area (Å²) in [6.07, 6.45) is 0.408. The Labute approximate surface area is 109 Å². The fourth-order valence-corrected chi connectivity index (χ4v) is 1.55. The lowest BCUT2D eigenvalue weighted by Crippen LogP contribution is -2.35. The van der Waals surface area contributed by atoms with E-state index >= 15 is 0 Å². The quantitative estimate of drug-likeness (QED) is 0.718. The maximum absolute atomic E-state index is 11.6. The van der Waals surface area contributed by atoms with Gasteiger partial charge in [-0.3, -0.25) is 4.79 Å². The molecule has 0 heterocycles. The molecule has 0 fully saturated rings. The molecule has 1 rings (SSSR count). The minimum Gasteiger partial charge on any atom is -0.497 e. The molecule has 0 saturated heterocycles. The highest BCUT2D eigenvalue weighted by molar-refractivity contribution is 5.78. The number of carbonyl (C=O) groups is 1. The lowest BCUT2D eigenvalue weighted by molar-refractivity contribution is -0.120. The molecule has 1 aromatic carbocycles. The van der Waals surface area contributed by atoms with Gasteiger partial charge < -0.3 is 15.4 Å². The van der Waals surface area contributed by atoms with Gasteiger partial charge in [0.25, 0.3) is 0 Å². The highest BCUT2D eigenvalue weighted by Crippen LogP contribution is 2.11. The molecule has 0 bridgehead atoms. The fraction of sp³-hybridized carbons (Fsp3) is 0.500. The second kappa shape index (κ2) is 7.71. The Morgan fingerprint density at radius 2 is 1.89 bits per heavy atom. The van der Waals surface area contributed by atoms with Crippen molar-refractivity contribution in [1.29, 1.82) is 0 Å². The Hall–Kier alpha value is -1.55. The second-order valence-corrected chi connectivity index (χ2v) is 4.48.